The first-order chi connectivity index (χ1) is 9.15. The van der Waals surface area contributed by atoms with E-state index in [2.05, 4.69) is 12.2 Å². The zero-order valence-corrected chi connectivity index (χ0v) is 11.9. The van der Waals surface area contributed by atoms with Crippen LogP contribution in [0.4, 0.5) is 0 Å². The Hall–Kier alpha value is -1.39. The highest BCUT2D eigenvalue weighted by molar-refractivity contribution is 5.93. The van der Waals surface area contributed by atoms with Crippen molar-refractivity contribution in [2.75, 3.05) is 19.8 Å². The number of unbranched alkanes of at least 4 members (excludes halogenated alkanes) is 1. The van der Waals surface area contributed by atoms with Gasteiger partial charge in [0.2, 0.25) is 5.91 Å². The number of primary amides is 1. The molecule has 0 bridgehead atoms. The SMILES string of the molecule is CCCCOCCNCc1ccc(C(N)=O)cc1C. The summed E-state index contributed by atoms with van der Waals surface area (Å²) >= 11 is 0. The molecule has 0 aliphatic heterocycles. The Labute approximate surface area is 115 Å². The largest absolute Gasteiger partial charge is 0.380 e. The molecule has 19 heavy (non-hydrogen) atoms. The topological polar surface area (TPSA) is 64.3 Å². The van der Waals surface area contributed by atoms with Crippen LogP contribution in [0.15, 0.2) is 18.2 Å². The monoisotopic (exact) mass is 264 g/mol. The van der Waals surface area contributed by atoms with E-state index in [1.807, 2.05) is 19.1 Å². The second kappa shape index (κ2) is 8.67. The van der Waals surface area contributed by atoms with E-state index in [9.17, 15) is 4.79 Å². The minimum atomic E-state index is -0.382. The third-order valence-corrected chi connectivity index (χ3v) is 3.01. The summed E-state index contributed by atoms with van der Waals surface area (Å²) in [6, 6.07) is 5.54. The number of carbonyl (C=O) groups is 1. The van der Waals surface area contributed by atoms with Crippen molar-refractivity contribution < 1.29 is 9.53 Å². The molecule has 1 aromatic carbocycles. The molecule has 4 nitrogen and oxygen atoms in total. The summed E-state index contributed by atoms with van der Waals surface area (Å²) in [5, 5.41) is 3.33. The molecular weight excluding hydrogens is 240 g/mol. The number of ether oxygens (including phenoxy) is 1. The van der Waals surface area contributed by atoms with Gasteiger partial charge in [0.1, 0.15) is 0 Å². The Morgan fingerprint density at radius 2 is 2.16 bits per heavy atom. The van der Waals surface area contributed by atoms with Crippen molar-refractivity contribution in [1.29, 1.82) is 0 Å². The maximum absolute atomic E-state index is 11.0. The predicted molar refractivity (Wildman–Crippen MR) is 77.1 cm³/mol. The van der Waals surface area contributed by atoms with Crippen LogP contribution in [-0.2, 0) is 11.3 Å². The molecule has 1 rings (SSSR count). The van der Waals surface area contributed by atoms with Crippen molar-refractivity contribution in [1.82, 2.24) is 5.32 Å². The maximum atomic E-state index is 11.0. The lowest BCUT2D eigenvalue weighted by Gasteiger charge is -2.09. The molecule has 0 saturated carbocycles. The molecule has 0 aliphatic rings. The van der Waals surface area contributed by atoms with Crippen molar-refractivity contribution in [3.8, 4) is 0 Å². The highest BCUT2D eigenvalue weighted by Crippen LogP contribution is 2.10. The van der Waals surface area contributed by atoms with Gasteiger partial charge < -0.3 is 15.8 Å². The Bertz CT molecular complexity index is 405. The quantitative estimate of drug-likeness (QED) is 0.670. The van der Waals surface area contributed by atoms with Gasteiger partial charge in [-0.15, -0.1) is 0 Å². The molecule has 0 aliphatic carbocycles. The van der Waals surface area contributed by atoms with E-state index in [-0.39, 0.29) is 5.91 Å². The molecule has 1 aromatic rings. The van der Waals surface area contributed by atoms with Crippen molar-refractivity contribution in [2.24, 2.45) is 5.73 Å². The van der Waals surface area contributed by atoms with Gasteiger partial charge in [0.05, 0.1) is 6.61 Å². The predicted octanol–water partition coefficient (Wildman–Crippen LogP) is 2.00. The van der Waals surface area contributed by atoms with Crippen LogP contribution in [-0.4, -0.2) is 25.7 Å². The van der Waals surface area contributed by atoms with Gasteiger partial charge in [-0.25, -0.2) is 0 Å². The summed E-state index contributed by atoms with van der Waals surface area (Å²) in [6.45, 7) is 7.33. The molecular formula is C15H24N2O2. The normalized spacial score (nSPS) is 10.6. The Morgan fingerprint density at radius 1 is 1.37 bits per heavy atom. The molecule has 0 heterocycles. The van der Waals surface area contributed by atoms with E-state index in [0.717, 1.165) is 38.3 Å². The summed E-state index contributed by atoms with van der Waals surface area (Å²) < 4.78 is 5.47. The zero-order valence-electron chi connectivity index (χ0n) is 11.9. The van der Waals surface area contributed by atoms with Gasteiger partial charge in [-0.05, 0) is 36.6 Å². The van der Waals surface area contributed by atoms with Crippen LogP contribution in [0.5, 0.6) is 0 Å². The van der Waals surface area contributed by atoms with Gasteiger partial charge in [-0.2, -0.15) is 0 Å². The number of hydrogen-bond acceptors (Lipinski definition) is 3. The molecule has 0 radical (unpaired) electrons. The van der Waals surface area contributed by atoms with Crippen LogP contribution in [0.25, 0.3) is 0 Å². The van der Waals surface area contributed by atoms with Crippen LogP contribution < -0.4 is 11.1 Å². The first-order valence-corrected chi connectivity index (χ1v) is 6.83. The van der Waals surface area contributed by atoms with Gasteiger partial charge >= 0.3 is 0 Å². The fraction of sp³-hybridized carbons (Fsp3) is 0.533. The fourth-order valence-electron chi connectivity index (χ4n) is 1.76. The third kappa shape index (κ3) is 5.85. The van der Waals surface area contributed by atoms with Gasteiger partial charge in [0, 0.05) is 25.3 Å². The molecule has 0 aromatic heterocycles. The number of carbonyl (C=O) groups excluding carboxylic acids is 1. The standard InChI is InChI=1S/C15H24N2O2/c1-3-4-8-19-9-7-17-11-14-6-5-13(15(16)18)10-12(14)2/h5-6,10,17H,3-4,7-9,11H2,1-2H3,(H2,16,18). The number of amides is 1. The molecule has 3 N–H and O–H groups in total. The Kier molecular flexibility index (Phi) is 7.15. The van der Waals surface area contributed by atoms with Crippen molar-refractivity contribution in [3.05, 3.63) is 34.9 Å². The Morgan fingerprint density at radius 3 is 2.79 bits per heavy atom. The average molecular weight is 264 g/mol. The van der Waals surface area contributed by atoms with Gasteiger partial charge in [-0.3, -0.25) is 4.79 Å². The highest BCUT2D eigenvalue weighted by Gasteiger charge is 2.03. The lowest BCUT2D eigenvalue weighted by atomic mass is 10.0. The lowest BCUT2D eigenvalue weighted by molar-refractivity contribution is 0.1000. The fourth-order valence-corrected chi connectivity index (χ4v) is 1.76. The minimum absolute atomic E-state index is 0.382. The molecule has 0 fully saturated rings. The second-order valence-corrected chi connectivity index (χ2v) is 4.65. The summed E-state index contributed by atoms with van der Waals surface area (Å²) in [6.07, 6.45) is 2.28. The number of aryl methyl sites for hydroxylation is 1. The van der Waals surface area contributed by atoms with Crippen molar-refractivity contribution in [2.45, 2.75) is 33.2 Å². The van der Waals surface area contributed by atoms with Crippen LogP contribution in [0.1, 0.15) is 41.3 Å². The van der Waals surface area contributed by atoms with E-state index in [4.69, 9.17) is 10.5 Å². The van der Waals surface area contributed by atoms with E-state index in [1.54, 1.807) is 6.07 Å². The molecule has 0 saturated heterocycles. The zero-order chi connectivity index (χ0) is 14.1. The van der Waals surface area contributed by atoms with Crippen molar-refractivity contribution in [3.63, 3.8) is 0 Å². The van der Waals surface area contributed by atoms with E-state index < -0.39 is 0 Å². The number of benzene rings is 1. The first-order valence-electron chi connectivity index (χ1n) is 6.83. The van der Waals surface area contributed by atoms with Crippen molar-refractivity contribution >= 4 is 5.91 Å². The number of rotatable bonds is 9. The molecule has 106 valence electrons. The number of nitrogens with two attached hydrogens (primary N) is 1. The summed E-state index contributed by atoms with van der Waals surface area (Å²) in [5.41, 5.74) is 8.06. The molecule has 1 amide bonds. The molecule has 4 heteroatoms. The van der Waals surface area contributed by atoms with Crippen LogP contribution >= 0.6 is 0 Å². The van der Waals surface area contributed by atoms with E-state index in [0.29, 0.717) is 5.56 Å². The first kappa shape index (κ1) is 15.7. The van der Waals surface area contributed by atoms with Gasteiger partial charge in [0.15, 0.2) is 0 Å². The maximum Gasteiger partial charge on any atom is 0.248 e. The summed E-state index contributed by atoms with van der Waals surface area (Å²) in [7, 11) is 0. The molecule has 0 spiro atoms. The van der Waals surface area contributed by atoms with Gasteiger partial charge in [-0.1, -0.05) is 19.4 Å². The number of hydrogen-bond donors (Lipinski definition) is 2. The smallest absolute Gasteiger partial charge is 0.248 e. The summed E-state index contributed by atoms with van der Waals surface area (Å²) in [5.74, 6) is -0.382. The van der Waals surface area contributed by atoms with E-state index >= 15 is 0 Å². The highest BCUT2D eigenvalue weighted by atomic mass is 16.5. The Balaban J connectivity index is 2.28. The minimum Gasteiger partial charge on any atom is -0.380 e. The van der Waals surface area contributed by atoms with E-state index in [1.165, 1.54) is 12.0 Å². The van der Waals surface area contributed by atoms with Crippen LogP contribution in [0, 0.1) is 6.92 Å². The third-order valence-electron chi connectivity index (χ3n) is 3.01. The molecule has 0 unspecified atom stereocenters. The summed E-state index contributed by atoms with van der Waals surface area (Å²) in [4.78, 5) is 11.0. The van der Waals surface area contributed by atoms with Crippen LogP contribution in [0.3, 0.4) is 0 Å². The second-order valence-electron chi connectivity index (χ2n) is 4.65. The number of nitrogens with one attached hydrogen (secondary N) is 1. The van der Waals surface area contributed by atoms with Gasteiger partial charge in [0.25, 0.3) is 0 Å². The molecule has 0 atom stereocenters. The average Bonchev–Trinajstić information content (AvgIpc) is 2.39. The van der Waals surface area contributed by atoms with Crippen LogP contribution in [0.2, 0.25) is 0 Å². The lowest BCUT2D eigenvalue weighted by Crippen LogP contribution is -2.20.